The van der Waals surface area contributed by atoms with Crippen molar-refractivity contribution in [2.24, 2.45) is 5.92 Å². The summed E-state index contributed by atoms with van der Waals surface area (Å²) in [5, 5.41) is 12.9. The van der Waals surface area contributed by atoms with Crippen LogP contribution in [0.4, 0.5) is 5.82 Å². The van der Waals surface area contributed by atoms with E-state index in [1.165, 1.54) is 12.8 Å². The molecule has 1 aliphatic carbocycles. The van der Waals surface area contributed by atoms with Gasteiger partial charge in [0.25, 0.3) is 0 Å². The second kappa shape index (κ2) is 5.78. The Balaban J connectivity index is 1.50. The van der Waals surface area contributed by atoms with Crippen molar-refractivity contribution in [2.75, 3.05) is 5.32 Å². The van der Waals surface area contributed by atoms with Crippen LogP contribution in [0.15, 0.2) is 36.7 Å². The predicted molar refractivity (Wildman–Crippen MR) is 92.8 cm³/mol. The molecular weight excluding hydrogens is 302 g/mol. The van der Waals surface area contributed by atoms with Gasteiger partial charge in [0.05, 0.1) is 17.8 Å². The van der Waals surface area contributed by atoms with Crippen molar-refractivity contribution >= 4 is 22.6 Å². The molecule has 0 aliphatic heterocycles. The van der Waals surface area contributed by atoms with Crippen LogP contribution in [0.2, 0.25) is 0 Å². The smallest absolute Gasteiger partial charge is 0.247 e. The molecule has 1 fully saturated rings. The minimum absolute atomic E-state index is 0.0874. The number of amides is 1. The largest absolute Gasteiger partial charge is 0.309 e. The Kier molecular flexibility index (Phi) is 3.59. The zero-order valence-electron chi connectivity index (χ0n) is 13.9. The van der Waals surface area contributed by atoms with Gasteiger partial charge >= 0.3 is 0 Å². The summed E-state index contributed by atoms with van der Waals surface area (Å²) in [6.07, 6.45) is 6.20. The van der Waals surface area contributed by atoms with E-state index in [2.05, 4.69) is 22.4 Å². The van der Waals surface area contributed by atoms with Gasteiger partial charge in [-0.25, -0.2) is 4.68 Å². The van der Waals surface area contributed by atoms with Crippen LogP contribution < -0.4 is 5.32 Å². The fourth-order valence-electron chi connectivity index (χ4n) is 3.11. The molecule has 1 N–H and O–H groups in total. The van der Waals surface area contributed by atoms with Gasteiger partial charge in [-0.1, -0.05) is 18.2 Å². The maximum absolute atomic E-state index is 12.5. The number of nitrogens with one attached hydrogen (secondary N) is 1. The van der Waals surface area contributed by atoms with E-state index in [0.29, 0.717) is 12.0 Å². The predicted octanol–water partition coefficient (Wildman–Crippen LogP) is 3.15. The Morgan fingerprint density at radius 2 is 2.17 bits per heavy atom. The molecule has 24 heavy (non-hydrogen) atoms. The molecule has 6 nitrogen and oxygen atoms in total. The molecule has 1 amide bonds. The van der Waals surface area contributed by atoms with E-state index in [9.17, 15) is 4.79 Å². The van der Waals surface area contributed by atoms with Gasteiger partial charge in [0.1, 0.15) is 12.4 Å². The average Bonchev–Trinajstić information content (AvgIpc) is 3.24. The van der Waals surface area contributed by atoms with Crippen molar-refractivity contribution in [1.82, 2.24) is 19.6 Å². The molecule has 2 aromatic heterocycles. The average molecular weight is 323 g/mol. The third-order valence-corrected chi connectivity index (χ3v) is 4.69. The second-order valence-corrected chi connectivity index (χ2v) is 6.63. The van der Waals surface area contributed by atoms with Gasteiger partial charge < -0.3 is 5.32 Å². The number of carbonyl (C=O) groups excluding carboxylic acids is 1. The summed E-state index contributed by atoms with van der Waals surface area (Å²) in [4.78, 5) is 12.5. The van der Waals surface area contributed by atoms with E-state index in [0.717, 1.165) is 22.3 Å². The SMILES string of the molecule is Cc1cnn(C(C)C2CC2)c1NC(=O)Cn1cc2ccccc2n1. The topological polar surface area (TPSA) is 64.7 Å². The summed E-state index contributed by atoms with van der Waals surface area (Å²) in [6, 6.07) is 8.17. The van der Waals surface area contributed by atoms with Crippen molar-refractivity contribution in [3.63, 3.8) is 0 Å². The number of aryl methyl sites for hydroxylation is 1. The lowest BCUT2D eigenvalue weighted by molar-refractivity contribution is -0.116. The summed E-state index contributed by atoms with van der Waals surface area (Å²) >= 11 is 0. The summed E-state index contributed by atoms with van der Waals surface area (Å²) in [7, 11) is 0. The molecule has 6 heteroatoms. The fourth-order valence-corrected chi connectivity index (χ4v) is 3.11. The molecule has 3 aromatic rings. The van der Waals surface area contributed by atoms with Gasteiger partial charge in [-0.15, -0.1) is 0 Å². The third kappa shape index (κ3) is 2.79. The van der Waals surface area contributed by atoms with Crippen LogP contribution in [0, 0.1) is 12.8 Å². The number of carbonyl (C=O) groups is 1. The van der Waals surface area contributed by atoms with Gasteiger partial charge in [-0.05, 0) is 38.7 Å². The number of fused-ring (bicyclic) bond motifs is 1. The van der Waals surface area contributed by atoms with Gasteiger partial charge in [-0.3, -0.25) is 9.48 Å². The zero-order valence-corrected chi connectivity index (χ0v) is 13.9. The molecule has 1 aliphatic rings. The molecule has 2 heterocycles. The monoisotopic (exact) mass is 323 g/mol. The number of hydrogen-bond acceptors (Lipinski definition) is 3. The molecule has 4 rings (SSSR count). The van der Waals surface area contributed by atoms with Crippen molar-refractivity contribution in [2.45, 2.75) is 39.3 Å². The van der Waals surface area contributed by atoms with Crippen LogP contribution in [-0.2, 0) is 11.3 Å². The van der Waals surface area contributed by atoms with E-state index in [1.54, 1.807) is 4.68 Å². The number of anilines is 1. The molecule has 1 aromatic carbocycles. The number of rotatable bonds is 5. The van der Waals surface area contributed by atoms with Gasteiger partial charge in [0, 0.05) is 17.1 Å². The Morgan fingerprint density at radius 1 is 1.38 bits per heavy atom. The highest BCUT2D eigenvalue weighted by molar-refractivity contribution is 5.90. The molecule has 1 unspecified atom stereocenters. The van der Waals surface area contributed by atoms with Crippen molar-refractivity contribution in [1.29, 1.82) is 0 Å². The lowest BCUT2D eigenvalue weighted by Crippen LogP contribution is -2.23. The minimum Gasteiger partial charge on any atom is -0.309 e. The van der Waals surface area contributed by atoms with Gasteiger partial charge in [0.15, 0.2) is 0 Å². The Morgan fingerprint density at radius 3 is 2.92 bits per heavy atom. The molecular formula is C18H21N5O. The van der Waals surface area contributed by atoms with Crippen LogP contribution in [0.5, 0.6) is 0 Å². The van der Waals surface area contributed by atoms with Crippen LogP contribution >= 0.6 is 0 Å². The molecule has 1 atom stereocenters. The molecule has 0 saturated heterocycles. The quantitative estimate of drug-likeness (QED) is 0.784. The van der Waals surface area contributed by atoms with Crippen LogP contribution in [-0.4, -0.2) is 25.5 Å². The highest BCUT2D eigenvalue weighted by Crippen LogP contribution is 2.40. The third-order valence-electron chi connectivity index (χ3n) is 4.69. The first kappa shape index (κ1) is 14.9. The summed E-state index contributed by atoms with van der Waals surface area (Å²) in [6.45, 7) is 4.33. The number of aromatic nitrogens is 4. The first-order chi connectivity index (χ1) is 11.6. The Labute approximate surface area is 140 Å². The van der Waals surface area contributed by atoms with E-state index in [-0.39, 0.29) is 12.5 Å². The van der Waals surface area contributed by atoms with Crippen molar-refractivity contribution in [3.8, 4) is 0 Å². The van der Waals surface area contributed by atoms with Crippen molar-refractivity contribution in [3.05, 3.63) is 42.2 Å². The van der Waals surface area contributed by atoms with E-state index >= 15 is 0 Å². The highest BCUT2D eigenvalue weighted by atomic mass is 16.2. The normalized spacial score (nSPS) is 15.6. The van der Waals surface area contributed by atoms with E-state index < -0.39 is 0 Å². The molecule has 0 bridgehead atoms. The molecule has 124 valence electrons. The maximum atomic E-state index is 12.5. The first-order valence-corrected chi connectivity index (χ1v) is 8.38. The van der Waals surface area contributed by atoms with Crippen LogP contribution in [0.25, 0.3) is 10.9 Å². The van der Waals surface area contributed by atoms with Crippen molar-refractivity contribution < 1.29 is 4.79 Å². The highest BCUT2D eigenvalue weighted by Gasteiger charge is 2.31. The number of benzene rings is 1. The minimum atomic E-state index is -0.0874. The van der Waals surface area contributed by atoms with Crippen LogP contribution in [0.1, 0.15) is 31.4 Å². The summed E-state index contributed by atoms with van der Waals surface area (Å²) < 4.78 is 3.63. The Hall–Kier alpha value is -2.63. The number of hydrogen-bond donors (Lipinski definition) is 1. The second-order valence-electron chi connectivity index (χ2n) is 6.63. The zero-order chi connectivity index (χ0) is 16.7. The number of nitrogens with zero attached hydrogens (tertiary/aromatic N) is 4. The maximum Gasteiger partial charge on any atom is 0.247 e. The lowest BCUT2D eigenvalue weighted by Gasteiger charge is -2.16. The van der Waals surface area contributed by atoms with Gasteiger partial charge in [-0.2, -0.15) is 10.2 Å². The lowest BCUT2D eigenvalue weighted by atomic mass is 10.2. The molecule has 1 saturated carbocycles. The summed E-state index contributed by atoms with van der Waals surface area (Å²) in [5.74, 6) is 1.39. The van der Waals surface area contributed by atoms with E-state index in [4.69, 9.17) is 0 Å². The van der Waals surface area contributed by atoms with Crippen LogP contribution in [0.3, 0.4) is 0 Å². The summed E-state index contributed by atoms with van der Waals surface area (Å²) in [5.41, 5.74) is 1.88. The van der Waals surface area contributed by atoms with E-state index in [1.807, 2.05) is 48.3 Å². The fraction of sp³-hybridized carbons (Fsp3) is 0.389. The first-order valence-electron chi connectivity index (χ1n) is 8.38. The molecule has 0 radical (unpaired) electrons. The van der Waals surface area contributed by atoms with Gasteiger partial charge in [0.2, 0.25) is 5.91 Å². The Bertz CT molecular complexity index is 857. The standard InChI is InChI=1S/C18H21N5O/c1-12-9-19-23(13(2)14-7-8-14)18(12)20-17(24)11-22-10-15-5-3-4-6-16(15)21-22/h3-6,9-10,13-14H,7-8,11H2,1-2H3,(H,20,24). The molecule has 0 spiro atoms.